The van der Waals surface area contributed by atoms with E-state index < -0.39 is 5.54 Å². The Morgan fingerprint density at radius 1 is 1.50 bits per heavy atom. The number of nitrogens with two attached hydrogens (primary N) is 1. The molecule has 0 amide bonds. The minimum atomic E-state index is -0.501. The fourth-order valence-electron chi connectivity index (χ4n) is 1.00. The lowest BCUT2D eigenvalue weighted by molar-refractivity contribution is 0.289. The molecular formula is C10H19N3O. The molecule has 0 saturated carbocycles. The van der Waals surface area contributed by atoms with Crippen LogP contribution in [-0.2, 0) is 5.54 Å². The summed E-state index contributed by atoms with van der Waals surface area (Å²) in [5.41, 5.74) is 5.49. The molecule has 2 N–H and O–H groups in total. The summed E-state index contributed by atoms with van der Waals surface area (Å²) in [6, 6.07) is 0. The van der Waals surface area contributed by atoms with E-state index in [-0.39, 0.29) is 0 Å². The highest BCUT2D eigenvalue weighted by Crippen LogP contribution is 2.22. The van der Waals surface area contributed by atoms with E-state index in [1.807, 2.05) is 13.8 Å². The van der Waals surface area contributed by atoms with Crippen LogP contribution in [0.4, 0.5) is 0 Å². The van der Waals surface area contributed by atoms with Gasteiger partial charge in [0.2, 0.25) is 5.89 Å². The molecule has 14 heavy (non-hydrogen) atoms. The third kappa shape index (κ3) is 2.12. The van der Waals surface area contributed by atoms with Gasteiger partial charge in [-0.15, -0.1) is 0 Å². The molecule has 0 radical (unpaired) electrons. The molecule has 1 aromatic heterocycles. The van der Waals surface area contributed by atoms with E-state index in [1.165, 1.54) is 0 Å². The van der Waals surface area contributed by atoms with Crippen LogP contribution < -0.4 is 5.73 Å². The Kier molecular flexibility index (Phi) is 3.26. The van der Waals surface area contributed by atoms with Crippen molar-refractivity contribution >= 4 is 0 Å². The Bertz CT molecular complexity index is 293. The van der Waals surface area contributed by atoms with E-state index >= 15 is 0 Å². The van der Waals surface area contributed by atoms with Crippen LogP contribution in [0.2, 0.25) is 0 Å². The fraction of sp³-hybridized carbons (Fsp3) is 0.800. The number of rotatable bonds is 4. The quantitative estimate of drug-likeness (QED) is 0.803. The van der Waals surface area contributed by atoms with Gasteiger partial charge in [0.1, 0.15) is 0 Å². The Hall–Kier alpha value is -0.900. The third-order valence-electron chi connectivity index (χ3n) is 2.72. The highest BCUT2D eigenvalue weighted by Gasteiger charge is 2.26. The summed E-state index contributed by atoms with van der Waals surface area (Å²) in [4.78, 5) is 4.32. The molecule has 1 rings (SSSR count). The molecule has 0 aliphatic carbocycles. The van der Waals surface area contributed by atoms with Crippen LogP contribution in [0.5, 0.6) is 0 Å². The zero-order valence-corrected chi connectivity index (χ0v) is 9.37. The highest BCUT2D eigenvalue weighted by atomic mass is 16.5. The highest BCUT2D eigenvalue weighted by molar-refractivity contribution is 5.01. The molecule has 4 nitrogen and oxygen atoms in total. The first-order chi connectivity index (χ1) is 6.51. The van der Waals surface area contributed by atoms with Crippen molar-refractivity contribution in [1.82, 2.24) is 10.1 Å². The molecule has 2 atom stereocenters. The zero-order valence-electron chi connectivity index (χ0n) is 9.37. The average Bonchev–Trinajstić information content (AvgIpc) is 2.66. The van der Waals surface area contributed by atoms with Gasteiger partial charge in [0.25, 0.3) is 0 Å². The molecule has 0 fully saturated rings. The lowest BCUT2D eigenvalue weighted by atomic mass is 10.0. The van der Waals surface area contributed by atoms with Gasteiger partial charge < -0.3 is 10.3 Å². The molecule has 0 aromatic carbocycles. The summed E-state index contributed by atoms with van der Waals surface area (Å²) in [7, 11) is 0. The maximum absolute atomic E-state index is 6.00. The van der Waals surface area contributed by atoms with Gasteiger partial charge >= 0.3 is 0 Å². The molecule has 0 spiro atoms. The van der Waals surface area contributed by atoms with Crippen molar-refractivity contribution in [3.8, 4) is 0 Å². The van der Waals surface area contributed by atoms with Crippen LogP contribution in [-0.4, -0.2) is 10.1 Å². The molecule has 0 aliphatic heterocycles. The Balaban J connectivity index is 2.88. The second-order valence-electron chi connectivity index (χ2n) is 4.04. The van der Waals surface area contributed by atoms with Crippen LogP contribution in [0.25, 0.3) is 0 Å². The van der Waals surface area contributed by atoms with E-state index in [1.54, 1.807) is 0 Å². The maximum atomic E-state index is 6.00. The lowest BCUT2D eigenvalue weighted by Crippen LogP contribution is -2.32. The monoisotopic (exact) mass is 197 g/mol. The van der Waals surface area contributed by atoms with Crippen molar-refractivity contribution < 1.29 is 4.52 Å². The van der Waals surface area contributed by atoms with Gasteiger partial charge in [-0.05, 0) is 19.8 Å². The van der Waals surface area contributed by atoms with Gasteiger partial charge in [0.15, 0.2) is 5.82 Å². The van der Waals surface area contributed by atoms with Crippen molar-refractivity contribution in [2.45, 2.75) is 52.0 Å². The van der Waals surface area contributed by atoms with E-state index in [0.717, 1.165) is 18.7 Å². The maximum Gasteiger partial charge on any atom is 0.246 e. The van der Waals surface area contributed by atoms with Gasteiger partial charge in [-0.1, -0.05) is 25.9 Å². The number of nitrogens with zero attached hydrogens (tertiary/aromatic N) is 2. The predicted molar refractivity (Wildman–Crippen MR) is 54.8 cm³/mol. The van der Waals surface area contributed by atoms with E-state index in [4.69, 9.17) is 10.3 Å². The van der Waals surface area contributed by atoms with E-state index in [2.05, 4.69) is 24.0 Å². The summed E-state index contributed by atoms with van der Waals surface area (Å²) in [5, 5.41) is 3.94. The number of aromatic nitrogens is 2. The molecule has 1 heterocycles. The molecule has 80 valence electrons. The Labute approximate surface area is 84.9 Å². The van der Waals surface area contributed by atoms with Crippen molar-refractivity contribution in [2.24, 2.45) is 5.73 Å². The molecular weight excluding hydrogens is 178 g/mol. The lowest BCUT2D eigenvalue weighted by Gasteiger charge is -2.16. The second-order valence-corrected chi connectivity index (χ2v) is 4.04. The van der Waals surface area contributed by atoms with Gasteiger partial charge in [0, 0.05) is 5.92 Å². The zero-order chi connectivity index (χ0) is 10.8. The van der Waals surface area contributed by atoms with E-state index in [9.17, 15) is 0 Å². The van der Waals surface area contributed by atoms with Crippen LogP contribution in [0, 0.1) is 0 Å². The number of hydrogen-bond donors (Lipinski definition) is 1. The summed E-state index contributed by atoms with van der Waals surface area (Å²) < 4.78 is 5.16. The average molecular weight is 197 g/mol. The fourth-order valence-corrected chi connectivity index (χ4v) is 1.00. The second kappa shape index (κ2) is 4.09. The smallest absolute Gasteiger partial charge is 0.246 e. The van der Waals surface area contributed by atoms with Crippen LogP contribution in [0.15, 0.2) is 4.52 Å². The SMILES string of the molecule is CCC(C)c1noc(C(C)(N)CC)n1. The first-order valence-electron chi connectivity index (χ1n) is 5.14. The van der Waals surface area contributed by atoms with Crippen molar-refractivity contribution in [2.75, 3.05) is 0 Å². The molecule has 4 heteroatoms. The van der Waals surface area contributed by atoms with Gasteiger partial charge in [-0.25, -0.2) is 0 Å². The number of hydrogen-bond acceptors (Lipinski definition) is 4. The normalized spacial score (nSPS) is 17.8. The minimum Gasteiger partial charge on any atom is -0.337 e. The largest absolute Gasteiger partial charge is 0.337 e. The summed E-state index contributed by atoms with van der Waals surface area (Å²) in [6.07, 6.45) is 1.79. The molecule has 2 unspecified atom stereocenters. The van der Waals surface area contributed by atoms with Gasteiger partial charge in [-0.2, -0.15) is 4.98 Å². The summed E-state index contributed by atoms with van der Waals surface area (Å²) >= 11 is 0. The standard InChI is InChI=1S/C10H19N3O/c1-5-7(3)8-12-9(14-13-8)10(4,11)6-2/h7H,5-6,11H2,1-4H3. The first-order valence-corrected chi connectivity index (χ1v) is 5.14. The summed E-state index contributed by atoms with van der Waals surface area (Å²) in [6.45, 7) is 8.09. The third-order valence-corrected chi connectivity index (χ3v) is 2.72. The van der Waals surface area contributed by atoms with Crippen molar-refractivity contribution in [3.05, 3.63) is 11.7 Å². The molecule has 1 aromatic rings. The topological polar surface area (TPSA) is 64.9 Å². The van der Waals surface area contributed by atoms with Crippen molar-refractivity contribution in [3.63, 3.8) is 0 Å². The summed E-state index contributed by atoms with van der Waals surface area (Å²) in [5.74, 6) is 1.63. The molecule has 0 aliphatic rings. The molecule has 0 saturated heterocycles. The van der Waals surface area contributed by atoms with E-state index in [0.29, 0.717) is 11.8 Å². The van der Waals surface area contributed by atoms with Crippen LogP contribution in [0.3, 0.4) is 0 Å². The minimum absolute atomic E-state index is 0.333. The first kappa shape index (κ1) is 11.2. The Morgan fingerprint density at radius 2 is 2.14 bits per heavy atom. The van der Waals surface area contributed by atoms with Gasteiger partial charge in [0.05, 0.1) is 5.54 Å². The Morgan fingerprint density at radius 3 is 2.64 bits per heavy atom. The molecule has 0 bridgehead atoms. The van der Waals surface area contributed by atoms with Gasteiger partial charge in [-0.3, -0.25) is 0 Å². The van der Waals surface area contributed by atoms with Crippen LogP contribution in [0.1, 0.15) is 58.2 Å². The van der Waals surface area contributed by atoms with Crippen molar-refractivity contribution in [1.29, 1.82) is 0 Å². The van der Waals surface area contributed by atoms with Crippen LogP contribution >= 0.6 is 0 Å². The predicted octanol–water partition coefficient (Wildman–Crippen LogP) is 2.17.